The Hall–Kier alpha value is -3.64. The molecule has 6 heteroatoms. The van der Waals surface area contributed by atoms with Crippen LogP contribution in [0, 0.1) is 0 Å². The number of hydrogen-bond donors (Lipinski definition) is 1. The van der Waals surface area contributed by atoms with Crippen molar-refractivity contribution in [1.29, 1.82) is 0 Å². The minimum Gasteiger partial charge on any atom is -0.459 e. The normalized spacial score (nSPS) is 11.0. The van der Waals surface area contributed by atoms with Gasteiger partial charge in [0.15, 0.2) is 11.5 Å². The van der Waals surface area contributed by atoms with Gasteiger partial charge in [0.1, 0.15) is 11.5 Å². The smallest absolute Gasteiger partial charge is 0.291 e. The van der Waals surface area contributed by atoms with Gasteiger partial charge < -0.3 is 14.2 Å². The zero-order chi connectivity index (χ0) is 20.9. The van der Waals surface area contributed by atoms with E-state index < -0.39 is 0 Å². The van der Waals surface area contributed by atoms with Crippen LogP contribution in [0.15, 0.2) is 98.4 Å². The number of carbonyl (C=O) groups is 2. The summed E-state index contributed by atoms with van der Waals surface area (Å²) in [6, 6.07) is 21.3. The summed E-state index contributed by atoms with van der Waals surface area (Å²) >= 11 is 3.41. The number of carbonyl (C=O) groups excluding carboxylic acids is 2. The number of ketones is 1. The quantitative estimate of drug-likeness (QED) is 0.264. The molecule has 0 unspecified atom stereocenters. The largest absolute Gasteiger partial charge is 0.459 e. The molecule has 0 atom stereocenters. The van der Waals surface area contributed by atoms with Crippen LogP contribution in [0.1, 0.15) is 26.7 Å². The Morgan fingerprint density at radius 3 is 2.37 bits per heavy atom. The number of nitrogens with one attached hydrogen (secondary N) is 1. The van der Waals surface area contributed by atoms with Gasteiger partial charge >= 0.3 is 0 Å². The van der Waals surface area contributed by atoms with Crippen molar-refractivity contribution in [2.24, 2.45) is 0 Å². The number of rotatable bonds is 6. The lowest BCUT2D eigenvalue weighted by molar-refractivity contribution is 0.0996. The van der Waals surface area contributed by atoms with Crippen molar-refractivity contribution in [1.82, 2.24) is 0 Å². The van der Waals surface area contributed by atoms with Crippen LogP contribution in [0.25, 0.3) is 17.4 Å². The molecule has 2 heterocycles. The number of hydrogen-bond acceptors (Lipinski definition) is 4. The third-order valence-corrected chi connectivity index (χ3v) is 4.86. The molecular formula is C24H16BrNO4. The molecule has 0 aliphatic rings. The van der Waals surface area contributed by atoms with Crippen LogP contribution in [-0.2, 0) is 0 Å². The number of furan rings is 2. The third kappa shape index (κ3) is 4.67. The fraction of sp³-hybridized carbons (Fsp3) is 0. The van der Waals surface area contributed by atoms with Crippen molar-refractivity contribution in [3.05, 3.63) is 107 Å². The summed E-state index contributed by atoms with van der Waals surface area (Å²) in [5.74, 6) is 1.02. The monoisotopic (exact) mass is 461 g/mol. The summed E-state index contributed by atoms with van der Waals surface area (Å²) in [7, 11) is 0. The number of allylic oxidation sites excluding steroid dienone is 1. The summed E-state index contributed by atoms with van der Waals surface area (Å²) in [6.07, 6.45) is 4.53. The molecule has 2 aromatic heterocycles. The van der Waals surface area contributed by atoms with E-state index in [2.05, 4.69) is 21.2 Å². The Bertz CT molecular complexity index is 1190. The lowest BCUT2D eigenvalue weighted by atomic mass is 10.1. The van der Waals surface area contributed by atoms with Gasteiger partial charge in [0.2, 0.25) is 0 Å². The summed E-state index contributed by atoms with van der Waals surface area (Å²) in [5.41, 5.74) is 2.03. The van der Waals surface area contributed by atoms with Crippen LogP contribution < -0.4 is 5.32 Å². The van der Waals surface area contributed by atoms with Gasteiger partial charge in [-0.1, -0.05) is 28.1 Å². The molecule has 0 fully saturated rings. The van der Waals surface area contributed by atoms with Crippen molar-refractivity contribution in [3.8, 4) is 11.3 Å². The molecular weight excluding hydrogens is 446 g/mol. The lowest BCUT2D eigenvalue weighted by Gasteiger charge is -2.03. The van der Waals surface area contributed by atoms with E-state index in [9.17, 15) is 9.59 Å². The molecule has 148 valence electrons. The maximum Gasteiger partial charge on any atom is 0.291 e. The molecule has 30 heavy (non-hydrogen) atoms. The number of benzene rings is 2. The van der Waals surface area contributed by atoms with Crippen LogP contribution in [0.2, 0.25) is 0 Å². The van der Waals surface area contributed by atoms with Gasteiger partial charge in [0.25, 0.3) is 5.91 Å². The van der Waals surface area contributed by atoms with Gasteiger partial charge in [0, 0.05) is 21.3 Å². The third-order valence-electron chi connectivity index (χ3n) is 4.33. The van der Waals surface area contributed by atoms with E-state index in [0.717, 1.165) is 15.8 Å². The van der Waals surface area contributed by atoms with Gasteiger partial charge in [-0.25, -0.2) is 0 Å². The van der Waals surface area contributed by atoms with E-state index in [1.54, 1.807) is 42.5 Å². The summed E-state index contributed by atoms with van der Waals surface area (Å²) in [6.45, 7) is 0. The number of anilines is 1. The van der Waals surface area contributed by atoms with Crippen LogP contribution in [0.4, 0.5) is 5.69 Å². The summed E-state index contributed by atoms with van der Waals surface area (Å²) in [5, 5.41) is 2.71. The van der Waals surface area contributed by atoms with Crippen molar-refractivity contribution >= 4 is 39.4 Å². The first-order valence-corrected chi connectivity index (χ1v) is 9.91. The van der Waals surface area contributed by atoms with Crippen molar-refractivity contribution in [2.45, 2.75) is 0 Å². The van der Waals surface area contributed by atoms with Crippen molar-refractivity contribution < 1.29 is 18.4 Å². The minimum absolute atomic E-state index is 0.166. The van der Waals surface area contributed by atoms with E-state index >= 15 is 0 Å². The number of halogens is 1. The average molecular weight is 462 g/mol. The number of amides is 1. The van der Waals surface area contributed by atoms with E-state index in [1.807, 2.05) is 36.4 Å². The Balaban J connectivity index is 1.39. The molecule has 0 aliphatic heterocycles. The van der Waals surface area contributed by atoms with Gasteiger partial charge in [-0.3, -0.25) is 9.59 Å². The maximum atomic E-state index is 12.4. The van der Waals surface area contributed by atoms with Crippen LogP contribution in [0.5, 0.6) is 0 Å². The molecule has 5 nitrogen and oxygen atoms in total. The predicted molar refractivity (Wildman–Crippen MR) is 118 cm³/mol. The van der Waals surface area contributed by atoms with Crippen LogP contribution >= 0.6 is 15.9 Å². The van der Waals surface area contributed by atoms with Crippen molar-refractivity contribution in [3.63, 3.8) is 0 Å². The molecule has 4 aromatic rings. The van der Waals surface area contributed by atoms with Gasteiger partial charge in [-0.05, 0) is 72.8 Å². The Morgan fingerprint density at radius 2 is 1.67 bits per heavy atom. The SMILES string of the molecule is O=C(/C=C/c1ccc(-c2ccc(Br)cc2)o1)c1ccc(NC(=O)c2ccco2)cc1. The highest BCUT2D eigenvalue weighted by molar-refractivity contribution is 9.10. The van der Waals surface area contributed by atoms with Gasteiger partial charge in [-0.2, -0.15) is 0 Å². The molecule has 0 spiro atoms. The first kappa shape index (κ1) is 19.7. The fourth-order valence-electron chi connectivity index (χ4n) is 2.78. The predicted octanol–water partition coefficient (Wildman–Crippen LogP) is 6.45. The van der Waals surface area contributed by atoms with Gasteiger partial charge in [0.05, 0.1) is 6.26 Å². The first-order chi connectivity index (χ1) is 14.6. The topological polar surface area (TPSA) is 72.5 Å². The molecule has 0 aliphatic carbocycles. The molecule has 4 rings (SSSR count). The summed E-state index contributed by atoms with van der Waals surface area (Å²) in [4.78, 5) is 24.4. The zero-order valence-electron chi connectivity index (χ0n) is 15.7. The minimum atomic E-state index is -0.349. The maximum absolute atomic E-state index is 12.4. The van der Waals surface area contributed by atoms with Gasteiger partial charge in [-0.15, -0.1) is 0 Å². The highest BCUT2D eigenvalue weighted by Crippen LogP contribution is 2.24. The van der Waals surface area contributed by atoms with Crippen LogP contribution in [0.3, 0.4) is 0 Å². The molecule has 1 N–H and O–H groups in total. The molecule has 0 radical (unpaired) electrons. The Kier molecular flexibility index (Phi) is 5.77. The zero-order valence-corrected chi connectivity index (χ0v) is 17.3. The average Bonchev–Trinajstić information content (AvgIpc) is 3.45. The second kappa shape index (κ2) is 8.80. The summed E-state index contributed by atoms with van der Waals surface area (Å²) < 4.78 is 11.8. The van der Waals surface area contributed by atoms with E-state index in [0.29, 0.717) is 17.0 Å². The molecule has 2 aromatic carbocycles. The Labute approximate surface area is 181 Å². The van der Waals surface area contributed by atoms with E-state index in [1.165, 1.54) is 12.3 Å². The molecule has 0 saturated carbocycles. The van der Waals surface area contributed by atoms with E-state index in [4.69, 9.17) is 8.83 Å². The van der Waals surface area contributed by atoms with E-state index in [-0.39, 0.29) is 17.5 Å². The Morgan fingerprint density at radius 1 is 0.900 bits per heavy atom. The first-order valence-electron chi connectivity index (χ1n) is 9.11. The highest BCUT2D eigenvalue weighted by Gasteiger charge is 2.09. The molecule has 1 amide bonds. The fourth-order valence-corrected chi connectivity index (χ4v) is 3.05. The second-order valence-electron chi connectivity index (χ2n) is 6.42. The second-order valence-corrected chi connectivity index (χ2v) is 7.33. The van der Waals surface area contributed by atoms with Crippen molar-refractivity contribution in [2.75, 3.05) is 5.32 Å². The molecule has 0 bridgehead atoms. The molecule has 0 saturated heterocycles. The lowest BCUT2D eigenvalue weighted by Crippen LogP contribution is -2.10. The standard InChI is InChI=1S/C24H16BrNO4/c25-18-7-3-17(4-8-18)22-14-12-20(30-22)11-13-21(27)16-5-9-19(10-6-16)26-24(28)23-2-1-15-29-23/h1-15H,(H,26,28)/b13-11+. The van der Waals surface area contributed by atoms with Crippen LogP contribution in [-0.4, -0.2) is 11.7 Å². The highest BCUT2D eigenvalue weighted by atomic mass is 79.9.